The molecule has 0 aliphatic heterocycles. The lowest BCUT2D eigenvalue weighted by Gasteiger charge is -2.05. The summed E-state index contributed by atoms with van der Waals surface area (Å²) in [5.74, 6) is 0. The van der Waals surface area contributed by atoms with Gasteiger partial charge in [-0.1, -0.05) is 55.8 Å². The van der Waals surface area contributed by atoms with E-state index in [0.29, 0.717) is 0 Å². The van der Waals surface area contributed by atoms with Crippen molar-refractivity contribution in [2.24, 2.45) is 0 Å². The van der Waals surface area contributed by atoms with Gasteiger partial charge in [-0.25, -0.2) is 0 Å². The fourth-order valence-corrected chi connectivity index (χ4v) is 2.47. The SMILES string of the molecule is CCCCc1ccc(-c2ccc3ccccc3c2)nc1. The molecule has 0 unspecified atom stereocenters. The molecule has 0 aliphatic carbocycles. The van der Waals surface area contributed by atoms with Crippen molar-refractivity contribution in [3.8, 4) is 11.3 Å². The zero-order valence-corrected chi connectivity index (χ0v) is 11.8. The molecule has 0 aliphatic rings. The van der Waals surface area contributed by atoms with Crippen LogP contribution in [0.15, 0.2) is 60.8 Å². The molecular formula is C19H19N. The highest BCUT2D eigenvalue weighted by Gasteiger charge is 2.01. The second-order valence-corrected chi connectivity index (χ2v) is 5.22. The van der Waals surface area contributed by atoms with Gasteiger partial charge in [0.15, 0.2) is 0 Å². The highest BCUT2D eigenvalue weighted by molar-refractivity contribution is 5.86. The molecule has 0 N–H and O–H groups in total. The number of fused-ring (bicyclic) bond motifs is 1. The molecule has 1 heteroatoms. The van der Waals surface area contributed by atoms with Gasteiger partial charge in [0, 0.05) is 11.8 Å². The number of hydrogen-bond donors (Lipinski definition) is 0. The van der Waals surface area contributed by atoms with E-state index in [9.17, 15) is 0 Å². The molecule has 1 aromatic heterocycles. The summed E-state index contributed by atoms with van der Waals surface area (Å²) >= 11 is 0. The first-order valence-corrected chi connectivity index (χ1v) is 7.31. The number of benzene rings is 2. The third-order valence-electron chi connectivity index (χ3n) is 3.69. The summed E-state index contributed by atoms with van der Waals surface area (Å²) in [6, 6.07) is 19.3. The number of aryl methyl sites for hydroxylation is 1. The number of pyridine rings is 1. The number of aromatic nitrogens is 1. The molecular weight excluding hydrogens is 242 g/mol. The molecule has 20 heavy (non-hydrogen) atoms. The Bertz CT molecular complexity index is 698. The summed E-state index contributed by atoms with van der Waals surface area (Å²) < 4.78 is 0. The van der Waals surface area contributed by atoms with Crippen molar-refractivity contribution in [3.05, 3.63) is 66.4 Å². The molecule has 0 radical (unpaired) electrons. The van der Waals surface area contributed by atoms with Gasteiger partial charge >= 0.3 is 0 Å². The molecule has 1 heterocycles. The topological polar surface area (TPSA) is 12.9 Å². The summed E-state index contributed by atoms with van der Waals surface area (Å²) in [6.07, 6.45) is 5.60. The molecule has 0 bridgehead atoms. The molecule has 3 aromatic rings. The van der Waals surface area contributed by atoms with Crippen LogP contribution in [-0.4, -0.2) is 4.98 Å². The third-order valence-corrected chi connectivity index (χ3v) is 3.69. The normalized spacial score (nSPS) is 10.8. The molecule has 1 nitrogen and oxygen atoms in total. The van der Waals surface area contributed by atoms with Crippen LogP contribution >= 0.6 is 0 Å². The maximum Gasteiger partial charge on any atom is 0.0702 e. The number of rotatable bonds is 4. The summed E-state index contributed by atoms with van der Waals surface area (Å²) in [7, 11) is 0. The lowest BCUT2D eigenvalue weighted by molar-refractivity contribution is 0.792. The van der Waals surface area contributed by atoms with Gasteiger partial charge in [-0.15, -0.1) is 0 Å². The van der Waals surface area contributed by atoms with Crippen molar-refractivity contribution in [2.75, 3.05) is 0 Å². The highest BCUT2D eigenvalue weighted by Crippen LogP contribution is 2.23. The van der Waals surface area contributed by atoms with Crippen LogP contribution < -0.4 is 0 Å². The molecule has 0 fully saturated rings. The standard InChI is InChI=1S/C19H19N/c1-2-3-6-15-9-12-19(20-14-15)18-11-10-16-7-4-5-8-17(16)13-18/h4-5,7-14H,2-3,6H2,1H3. The third kappa shape index (κ3) is 2.72. The minimum Gasteiger partial charge on any atom is -0.256 e. The van der Waals surface area contributed by atoms with Crippen LogP contribution in [0, 0.1) is 0 Å². The number of nitrogens with zero attached hydrogens (tertiary/aromatic N) is 1. The van der Waals surface area contributed by atoms with E-state index in [0.717, 1.165) is 12.1 Å². The van der Waals surface area contributed by atoms with Crippen LogP contribution in [0.4, 0.5) is 0 Å². The fraction of sp³-hybridized carbons (Fsp3) is 0.211. The Balaban J connectivity index is 1.90. The van der Waals surface area contributed by atoms with E-state index >= 15 is 0 Å². The Morgan fingerprint density at radius 1 is 0.900 bits per heavy atom. The predicted molar refractivity (Wildman–Crippen MR) is 85.8 cm³/mol. The quantitative estimate of drug-likeness (QED) is 0.625. The Labute approximate surface area is 120 Å². The van der Waals surface area contributed by atoms with E-state index in [1.165, 1.54) is 34.7 Å². The van der Waals surface area contributed by atoms with Crippen LogP contribution in [-0.2, 0) is 6.42 Å². The van der Waals surface area contributed by atoms with Crippen molar-refractivity contribution in [3.63, 3.8) is 0 Å². The average Bonchev–Trinajstić information content (AvgIpc) is 2.53. The van der Waals surface area contributed by atoms with Gasteiger partial charge in [0.1, 0.15) is 0 Å². The van der Waals surface area contributed by atoms with Crippen LogP contribution in [0.3, 0.4) is 0 Å². The summed E-state index contributed by atoms with van der Waals surface area (Å²) in [5, 5.41) is 2.54. The fourth-order valence-electron chi connectivity index (χ4n) is 2.47. The molecule has 0 saturated carbocycles. The van der Waals surface area contributed by atoms with Gasteiger partial charge in [0.25, 0.3) is 0 Å². The molecule has 0 atom stereocenters. The molecule has 100 valence electrons. The van der Waals surface area contributed by atoms with Gasteiger partial charge in [-0.3, -0.25) is 4.98 Å². The van der Waals surface area contributed by atoms with E-state index in [1.54, 1.807) is 0 Å². The van der Waals surface area contributed by atoms with E-state index in [4.69, 9.17) is 0 Å². The smallest absolute Gasteiger partial charge is 0.0702 e. The van der Waals surface area contributed by atoms with E-state index in [-0.39, 0.29) is 0 Å². The predicted octanol–water partition coefficient (Wildman–Crippen LogP) is 5.24. The van der Waals surface area contributed by atoms with Gasteiger partial charge in [0.05, 0.1) is 5.69 Å². The van der Waals surface area contributed by atoms with Crippen molar-refractivity contribution in [1.82, 2.24) is 4.98 Å². The highest BCUT2D eigenvalue weighted by atomic mass is 14.7. The monoisotopic (exact) mass is 261 g/mol. The Morgan fingerprint density at radius 2 is 1.75 bits per heavy atom. The Kier molecular flexibility index (Phi) is 3.78. The van der Waals surface area contributed by atoms with Crippen LogP contribution in [0.1, 0.15) is 25.3 Å². The lowest BCUT2D eigenvalue weighted by Crippen LogP contribution is -1.89. The van der Waals surface area contributed by atoms with E-state index in [2.05, 4.69) is 66.5 Å². The summed E-state index contributed by atoms with van der Waals surface area (Å²) in [5.41, 5.74) is 3.57. The largest absolute Gasteiger partial charge is 0.256 e. The number of hydrogen-bond acceptors (Lipinski definition) is 1. The number of unbranched alkanes of at least 4 members (excludes halogenated alkanes) is 1. The molecule has 2 aromatic carbocycles. The lowest BCUT2D eigenvalue weighted by atomic mass is 10.0. The van der Waals surface area contributed by atoms with Crippen molar-refractivity contribution < 1.29 is 0 Å². The molecule has 3 rings (SSSR count). The molecule has 0 saturated heterocycles. The van der Waals surface area contributed by atoms with Gasteiger partial charge < -0.3 is 0 Å². The zero-order chi connectivity index (χ0) is 13.8. The molecule has 0 amide bonds. The average molecular weight is 261 g/mol. The second kappa shape index (κ2) is 5.87. The van der Waals surface area contributed by atoms with Crippen LogP contribution in [0.2, 0.25) is 0 Å². The van der Waals surface area contributed by atoms with Crippen LogP contribution in [0.5, 0.6) is 0 Å². The van der Waals surface area contributed by atoms with Crippen molar-refractivity contribution in [1.29, 1.82) is 0 Å². The zero-order valence-electron chi connectivity index (χ0n) is 11.8. The minimum absolute atomic E-state index is 1.05. The van der Waals surface area contributed by atoms with Crippen molar-refractivity contribution >= 4 is 10.8 Å². The first-order chi connectivity index (χ1) is 9.86. The van der Waals surface area contributed by atoms with E-state index < -0.39 is 0 Å². The Hall–Kier alpha value is -2.15. The minimum atomic E-state index is 1.05. The van der Waals surface area contributed by atoms with E-state index in [1.807, 2.05) is 6.20 Å². The maximum atomic E-state index is 4.61. The molecule has 0 spiro atoms. The summed E-state index contributed by atoms with van der Waals surface area (Å²) in [4.78, 5) is 4.61. The first kappa shape index (κ1) is 12.9. The Morgan fingerprint density at radius 3 is 2.50 bits per heavy atom. The maximum absolute atomic E-state index is 4.61. The second-order valence-electron chi connectivity index (χ2n) is 5.22. The van der Waals surface area contributed by atoms with Crippen molar-refractivity contribution in [2.45, 2.75) is 26.2 Å². The summed E-state index contributed by atoms with van der Waals surface area (Å²) in [6.45, 7) is 2.22. The van der Waals surface area contributed by atoms with Gasteiger partial charge in [-0.05, 0) is 41.3 Å². The van der Waals surface area contributed by atoms with Gasteiger partial charge in [0.2, 0.25) is 0 Å². The first-order valence-electron chi connectivity index (χ1n) is 7.31. The van der Waals surface area contributed by atoms with Gasteiger partial charge in [-0.2, -0.15) is 0 Å². The van der Waals surface area contributed by atoms with Crippen LogP contribution in [0.25, 0.3) is 22.0 Å².